The second-order valence-corrected chi connectivity index (χ2v) is 5.78. The van der Waals surface area contributed by atoms with E-state index in [4.69, 9.17) is 19.9 Å². The van der Waals surface area contributed by atoms with Crippen molar-refractivity contribution in [2.45, 2.75) is 31.3 Å². The second kappa shape index (κ2) is 8.05. The SMILES string of the molecule is COC1(CN=C(N)Nc2ccc3c(c2)OCCCO3)CCC1.I. The van der Waals surface area contributed by atoms with Crippen LogP contribution in [0.2, 0.25) is 0 Å². The molecular formula is C16H24IN3O3. The van der Waals surface area contributed by atoms with Gasteiger partial charge in [0.2, 0.25) is 0 Å². The third-order valence-corrected chi connectivity index (χ3v) is 4.26. The first kappa shape index (κ1) is 18.1. The molecule has 6 nitrogen and oxygen atoms in total. The number of nitrogens with zero attached hydrogens (tertiary/aromatic N) is 1. The molecule has 128 valence electrons. The summed E-state index contributed by atoms with van der Waals surface area (Å²) in [6.45, 7) is 1.94. The van der Waals surface area contributed by atoms with Crippen molar-refractivity contribution in [1.82, 2.24) is 0 Å². The van der Waals surface area contributed by atoms with Crippen molar-refractivity contribution in [3.05, 3.63) is 18.2 Å². The van der Waals surface area contributed by atoms with E-state index in [1.165, 1.54) is 6.42 Å². The molecule has 2 aliphatic rings. The number of nitrogens with two attached hydrogens (primary N) is 1. The van der Waals surface area contributed by atoms with Crippen LogP contribution in [0.5, 0.6) is 11.5 Å². The zero-order valence-electron chi connectivity index (χ0n) is 13.3. The molecule has 1 heterocycles. The highest BCUT2D eigenvalue weighted by Gasteiger charge is 2.36. The molecule has 1 aliphatic carbocycles. The number of ether oxygens (including phenoxy) is 3. The molecule has 0 radical (unpaired) electrons. The Morgan fingerprint density at radius 2 is 2.00 bits per heavy atom. The average Bonchev–Trinajstić information content (AvgIpc) is 2.71. The van der Waals surface area contributed by atoms with Gasteiger partial charge in [0.15, 0.2) is 17.5 Å². The Bertz CT molecular complexity index is 556. The molecule has 0 unspecified atom stereocenters. The molecule has 0 atom stereocenters. The van der Waals surface area contributed by atoms with Crippen LogP contribution in [0, 0.1) is 0 Å². The van der Waals surface area contributed by atoms with Crippen molar-refractivity contribution in [1.29, 1.82) is 0 Å². The lowest BCUT2D eigenvalue weighted by atomic mass is 9.80. The lowest BCUT2D eigenvalue weighted by molar-refractivity contribution is -0.0629. The van der Waals surface area contributed by atoms with Gasteiger partial charge in [-0.1, -0.05) is 0 Å². The van der Waals surface area contributed by atoms with E-state index in [-0.39, 0.29) is 29.6 Å². The molecule has 3 rings (SSSR count). The van der Waals surface area contributed by atoms with Crippen LogP contribution in [0.15, 0.2) is 23.2 Å². The van der Waals surface area contributed by atoms with Gasteiger partial charge >= 0.3 is 0 Å². The number of fused-ring (bicyclic) bond motifs is 1. The van der Waals surface area contributed by atoms with E-state index in [0.717, 1.165) is 36.4 Å². The highest BCUT2D eigenvalue weighted by molar-refractivity contribution is 14.0. The second-order valence-electron chi connectivity index (χ2n) is 5.78. The van der Waals surface area contributed by atoms with Gasteiger partial charge in [0.25, 0.3) is 0 Å². The van der Waals surface area contributed by atoms with Gasteiger partial charge in [0.1, 0.15) is 0 Å². The Morgan fingerprint density at radius 1 is 1.26 bits per heavy atom. The molecule has 0 spiro atoms. The molecule has 0 aromatic heterocycles. The van der Waals surface area contributed by atoms with Crippen LogP contribution in [0.25, 0.3) is 0 Å². The molecule has 23 heavy (non-hydrogen) atoms. The van der Waals surface area contributed by atoms with Gasteiger partial charge in [-0.15, -0.1) is 24.0 Å². The first-order valence-corrected chi connectivity index (χ1v) is 7.73. The van der Waals surface area contributed by atoms with Crippen LogP contribution in [0.3, 0.4) is 0 Å². The Hall–Kier alpha value is -1.22. The molecular weight excluding hydrogens is 409 g/mol. The summed E-state index contributed by atoms with van der Waals surface area (Å²) in [4.78, 5) is 4.40. The van der Waals surface area contributed by atoms with E-state index in [0.29, 0.717) is 25.7 Å². The van der Waals surface area contributed by atoms with Gasteiger partial charge < -0.3 is 25.3 Å². The minimum Gasteiger partial charge on any atom is -0.490 e. The van der Waals surface area contributed by atoms with Crippen LogP contribution in [-0.4, -0.2) is 38.4 Å². The van der Waals surface area contributed by atoms with Gasteiger partial charge in [-0.2, -0.15) is 0 Å². The number of hydrogen-bond donors (Lipinski definition) is 2. The molecule has 3 N–H and O–H groups in total. The van der Waals surface area contributed by atoms with E-state index < -0.39 is 0 Å². The summed E-state index contributed by atoms with van der Waals surface area (Å²) in [5, 5.41) is 3.09. The summed E-state index contributed by atoms with van der Waals surface area (Å²) in [6, 6.07) is 5.68. The average molecular weight is 433 g/mol. The van der Waals surface area contributed by atoms with Crippen LogP contribution >= 0.6 is 24.0 Å². The largest absolute Gasteiger partial charge is 0.490 e. The predicted octanol–water partition coefficient (Wildman–Crippen LogP) is 2.76. The maximum Gasteiger partial charge on any atom is 0.193 e. The summed E-state index contributed by atoms with van der Waals surface area (Å²) >= 11 is 0. The number of rotatable bonds is 4. The number of nitrogens with one attached hydrogen (secondary N) is 1. The fraction of sp³-hybridized carbons (Fsp3) is 0.562. The van der Waals surface area contributed by atoms with Crippen LogP contribution < -0.4 is 20.5 Å². The minimum absolute atomic E-state index is 0. The minimum atomic E-state index is -0.114. The summed E-state index contributed by atoms with van der Waals surface area (Å²) < 4.78 is 16.8. The van der Waals surface area contributed by atoms with E-state index in [1.807, 2.05) is 18.2 Å². The molecule has 0 bridgehead atoms. The summed E-state index contributed by atoms with van der Waals surface area (Å²) in [5.74, 6) is 1.90. The zero-order chi connectivity index (χ0) is 15.4. The van der Waals surface area contributed by atoms with Crippen molar-refractivity contribution in [3.8, 4) is 11.5 Å². The molecule has 1 aromatic rings. The topological polar surface area (TPSA) is 78.1 Å². The van der Waals surface area contributed by atoms with Crippen LogP contribution in [0.1, 0.15) is 25.7 Å². The maximum absolute atomic E-state index is 5.96. The van der Waals surface area contributed by atoms with E-state index in [9.17, 15) is 0 Å². The lowest BCUT2D eigenvalue weighted by Gasteiger charge is -2.39. The van der Waals surface area contributed by atoms with Crippen molar-refractivity contribution >= 4 is 35.6 Å². The van der Waals surface area contributed by atoms with Crippen LogP contribution in [-0.2, 0) is 4.74 Å². The summed E-state index contributed by atoms with van der Waals surface area (Å²) in [5.41, 5.74) is 6.69. The lowest BCUT2D eigenvalue weighted by Crippen LogP contribution is -2.43. The number of halogens is 1. The summed E-state index contributed by atoms with van der Waals surface area (Å²) in [6.07, 6.45) is 4.17. The Morgan fingerprint density at radius 3 is 2.65 bits per heavy atom. The summed E-state index contributed by atoms with van der Waals surface area (Å²) in [7, 11) is 1.74. The number of hydrogen-bond acceptors (Lipinski definition) is 4. The molecule has 1 aliphatic heterocycles. The number of aliphatic imine (C=N–C) groups is 1. The third-order valence-electron chi connectivity index (χ3n) is 4.26. The monoisotopic (exact) mass is 433 g/mol. The fourth-order valence-electron chi connectivity index (χ4n) is 2.66. The van der Waals surface area contributed by atoms with Crippen molar-refractivity contribution < 1.29 is 14.2 Å². The Labute approximate surface area is 153 Å². The van der Waals surface area contributed by atoms with Gasteiger partial charge in [-0.3, -0.25) is 4.99 Å². The first-order chi connectivity index (χ1) is 10.7. The van der Waals surface area contributed by atoms with Gasteiger partial charge in [0, 0.05) is 25.3 Å². The molecule has 1 fully saturated rings. The molecule has 0 saturated heterocycles. The third kappa shape index (κ3) is 4.41. The normalized spacial score (nSPS) is 19.1. The number of methoxy groups -OCH3 is 1. The van der Waals surface area contributed by atoms with Crippen molar-refractivity contribution in [2.24, 2.45) is 10.7 Å². The van der Waals surface area contributed by atoms with Crippen molar-refractivity contribution in [3.63, 3.8) is 0 Å². The fourth-order valence-corrected chi connectivity index (χ4v) is 2.66. The Balaban J connectivity index is 0.00000192. The van der Waals surface area contributed by atoms with Gasteiger partial charge in [0.05, 0.1) is 25.4 Å². The van der Waals surface area contributed by atoms with E-state index >= 15 is 0 Å². The highest BCUT2D eigenvalue weighted by atomic mass is 127. The number of anilines is 1. The molecule has 1 aromatic carbocycles. The quantitative estimate of drug-likeness (QED) is 0.434. The first-order valence-electron chi connectivity index (χ1n) is 7.73. The number of benzene rings is 1. The highest BCUT2D eigenvalue weighted by Crippen LogP contribution is 2.35. The molecule has 0 amide bonds. The standard InChI is InChI=1S/C16H23N3O3.HI/c1-20-16(6-2-7-16)11-18-15(17)19-12-4-5-13-14(10-12)22-9-3-8-21-13;/h4-5,10H,2-3,6-9,11H2,1H3,(H3,17,18,19);1H. The van der Waals surface area contributed by atoms with E-state index in [2.05, 4.69) is 10.3 Å². The van der Waals surface area contributed by atoms with E-state index in [1.54, 1.807) is 7.11 Å². The maximum atomic E-state index is 5.96. The molecule has 7 heteroatoms. The van der Waals surface area contributed by atoms with Crippen LogP contribution in [0.4, 0.5) is 5.69 Å². The van der Waals surface area contributed by atoms with Gasteiger partial charge in [-0.25, -0.2) is 0 Å². The van der Waals surface area contributed by atoms with Crippen molar-refractivity contribution in [2.75, 3.05) is 32.2 Å². The smallest absolute Gasteiger partial charge is 0.193 e. The zero-order valence-corrected chi connectivity index (χ0v) is 15.7. The molecule has 1 saturated carbocycles. The van der Waals surface area contributed by atoms with Gasteiger partial charge in [-0.05, 0) is 31.4 Å². The predicted molar refractivity (Wildman–Crippen MR) is 101 cm³/mol. The Kier molecular flexibility index (Phi) is 6.34. The number of guanidine groups is 1.